The van der Waals surface area contributed by atoms with Gasteiger partial charge >= 0.3 is 0 Å². The number of hydrogen-bond acceptors (Lipinski definition) is 5. The Balaban J connectivity index is 2.23. The molecule has 0 saturated heterocycles. The highest BCUT2D eigenvalue weighted by Crippen LogP contribution is 2.32. The zero-order valence-corrected chi connectivity index (χ0v) is 11.6. The van der Waals surface area contributed by atoms with Crippen LogP contribution in [-0.2, 0) is 0 Å². The fourth-order valence-electron chi connectivity index (χ4n) is 2.70. The van der Waals surface area contributed by atoms with Crippen LogP contribution in [0.1, 0.15) is 32.6 Å². The normalized spacial score (nSPS) is 23.8. The van der Waals surface area contributed by atoms with Crippen molar-refractivity contribution in [1.82, 2.24) is 9.97 Å². The first-order valence-corrected chi connectivity index (χ1v) is 6.73. The average molecular weight is 270 g/mol. The van der Waals surface area contributed by atoms with Crippen LogP contribution < -0.4 is 16.2 Å². The van der Waals surface area contributed by atoms with Crippen molar-refractivity contribution in [2.24, 2.45) is 11.8 Å². The lowest BCUT2D eigenvalue weighted by Crippen LogP contribution is -2.39. The van der Waals surface area contributed by atoms with Crippen molar-refractivity contribution in [3.05, 3.63) is 11.2 Å². The minimum absolute atomic E-state index is 0.393. The number of nitrogens with one attached hydrogen (secondary N) is 1. The van der Waals surface area contributed by atoms with E-state index in [-0.39, 0.29) is 0 Å². The van der Waals surface area contributed by atoms with Crippen LogP contribution >= 0.6 is 11.6 Å². The van der Waals surface area contributed by atoms with Crippen molar-refractivity contribution in [2.45, 2.75) is 38.6 Å². The molecule has 100 valence electrons. The molecule has 1 aromatic heterocycles. The first kappa shape index (κ1) is 13.4. The van der Waals surface area contributed by atoms with E-state index < -0.39 is 0 Å². The highest BCUT2D eigenvalue weighted by atomic mass is 35.5. The first-order chi connectivity index (χ1) is 8.63. The standard InChI is InChI=1S/C12H20ClN5/c1-8-5-3-4-6-10(8)18(2)11-9(13)7-15-12(16-11)17-14/h7-8,10H,3-6,14H2,1-2H3,(H,15,16,17). The van der Waals surface area contributed by atoms with Crippen LogP contribution in [0.5, 0.6) is 0 Å². The fourth-order valence-corrected chi connectivity index (χ4v) is 2.93. The van der Waals surface area contributed by atoms with Gasteiger partial charge in [-0.2, -0.15) is 4.98 Å². The van der Waals surface area contributed by atoms with E-state index in [9.17, 15) is 0 Å². The monoisotopic (exact) mass is 269 g/mol. The molecule has 3 N–H and O–H groups in total. The van der Waals surface area contributed by atoms with Gasteiger partial charge in [-0.25, -0.2) is 10.8 Å². The second-order valence-corrected chi connectivity index (χ2v) is 5.36. The van der Waals surface area contributed by atoms with Crippen LogP contribution in [0, 0.1) is 5.92 Å². The highest BCUT2D eigenvalue weighted by molar-refractivity contribution is 6.32. The third-order valence-electron chi connectivity index (χ3n) is 3.75. The molecule has 2 atom stereocenters. The van der Waals surface area contributed by atoms with Crippen LogP contribution in [0.15, 0.2) is 6.20 Å². The summed E-state index contributed by atoms with van der Waals surface area (Å²) in [5.41, 5.74) is 2.46. The summed E-state index contributed by atoms with van der Waals surface area (Å²) in [7, 11) is 2.04. The summed E-state index contributed by atoms with van der Waals surface area (Å²) in [6.45, 7) is 2.29. The van der Waals surface area contributed by atoms with Gasteiger partial charge in [-0.15, -0.1) is 0 Å². The Morgan fingerprint density at radius 2 is 2.17 bits per heavy atom. The molecule has 5 nitrogen and oxygen atoms in total. The molecule has 0 aliphatic heterocycles. The lowest BCUT2D eigenvalue weighted by Gasteiger charge is -2.37. The molecule has 0 radical (unpaired) electrons. The van der Waals surface area contributed by atoms with Gasteiger partial charge in [-0.3, -0.25) is 5.43 Å². The molecule has 0 spiro atoms. The molecular weight excluding hydrogens is 250 g/mol. The van der Waals surface area contributed by atoms with Crippen molar-refractivity contribution in [3.63, 3.8) is 0 Å². The van der Waals surface area contributed by atoms with Gasteiger partial charge in [0.15, 0.2) is 5.82 Å². The van der Waals surface area contributed by atoms with Crippen LogP contribution in [0.3, 0.4) is 0 Å². The minimum Gasteiger partial charge on any atom is -0.355 e. The van der Waals surface area contributed by atoms with E-state index in [0.29, 0.717) is 22.9 Å². The van der Waals surface area contributed by atoms with E-state index in [1.807, 2.05) is 7.05 Å². The maximum absolute atomic E-state index is 6.18. The van der Waals surface area contributed by atoms with Gasteiger partial charge < -0.3 is 4.90 Å². The molecule has 18 heavy (non-hydrogen) atoms. The van der Waals surface area contributed by atoms with Crippen molar-refractivity contribution in [2.75, 3.05) is 17.4 Å². The third kappa shape index (κ3) is 2.67. The molecule has 1 heterocycles. The molecule has 1 saturated carbocycles. The zero-order chi connectivity index (χ0) is 13.1. The van der Waals surface area contributed by atoms with Gasteiger partial charge in [0, 0.05) is 13.1 Å². The molecular formula is C12H20ClN5. The number of rotatable bonds is 3. The molecule has 0 amide bonds. The summed E-state index contributed by atoms with van der Waals surface area (Å²) in [4.78, 5) is 10.5. The van der Waals surface area contributed by atoms with Crippen molar-refractivity contribution in [3.8, 4) is 0 Å². The Labute approximate surface area is 113 Å². The summed E-state index contributed by atoms with van der Waals surface area (Å²) in [5.74, 6) is 7.14. The van der Waals surface area contributed by atoms with Crippen LogP contribution in [-0.4, -0.2) is 23.1 Å². The van der Waals surface area contributed by atoms with Gasteiger partial charge in [0.25, 0.3) is 0 Å². The number of hydrogen-bond donors (Lipinski definition) is 2. The van der Waals surface area contributed by atoms with Gasteiger partial charge in [-0.05, 0) is 18.8 Å². The molecule has 1 fully saturated rings. The summed E-state index contributed by atoms with van der Waals surface area (Å²) >= 11 is 6.18. The first-order valence-electron chi connectivity index (χ1n) is 6.35. The summed E-state index contributed by atoms with van der Waals surface area (Å²) < 4.78 is 0. The molecule has 1 aliphatic carbocycles. The van der Waals surface area contributed by atoms with Crippen LogP contribution in [0.25, 0.3) is 0 Å². The molecule has 1 aliphatic rings. The predicted octanol–water partition coefficient (Wildman–Crippen LogP) is 2.43. The number of halogens is 1. The van der Waals surface area contributed by atoms with E-state index in [2.05, 4.69) is 27.2 Å². The smallest absolute Gasteiger partial charge is 0.239 e. The van der Waals surface area contributed by atoms with E-state index in [0.717, 1.165) is 5.82 Å². The van der Waals surface area contributed by atoms with Gasteiger partial charge in [-0.1, -0.05) is 31.4 Å². The quantitative estimate of drug-likeness (QED) is 0.652. The second kappa shape index (κ2) is 5.71. The Hall–Kier alpha value is -1.07. The molecule has 0 aromatic carbocycles. The maximum Gasteiger partial charge on any atom is 0.239 e. The molecule has 1 aromatic rings. The Bertz CT molecular complexity index is 411. The summed E-state index contributed by atoms with van der Waals surface area (Å²) in [5, 5.41) is 0.564. The van der Waals surface area contributed by atoms with Gasteiger partial charge in [0.2, 0.25) is 5.95 Å². The van der Waals surface area contributed by atoms with Gasteiger partial charge in [0.1, 0.15) is 5.02 Å². The molecule has 6 heteroatoms. The number of nitrogens with two attached hydrogens (primary N) is 1. The van der Waals surface area contributed by atoms with Crippen molar-refractivity contribution >= 4 is 23.4 Å². The lowest BCUT2D eigenvalue weighted by molar-refractivity contribution is 0.320. The number of anilines is 2. The molecule has 0 bridgehead atoms. The topological polar surface area (TPSA) is 67.1 Å². The van der Waals surface area contributed by atoms with Crippen molar-refractivity contribution in [1.29, 1.82) is 0 Å². The second-order valence-electron chi connectivity index (χ2n) is 4.95. The lowest BCUT2D eigenvalue weighted by atomic mass is 9.85. The minimum atomic E-state index is 0.393. The summed E-state index contributed by atoms with van der Waals surface area (Å²) in [6, 6.07) is 0.483. The third-order valence-corrected chi connectivity index (χ3v) is 4.02. The van der Waals surface area contributed by atoms with Gasteiger partial charge in [0.05, 0.1) is 6.20 Å². The molecule has 2 rings (SSSR count). The number of aromatic nitrogens is 2. The van der Waals surface area contributed by atoms with E-state index in [1.54, 1.807) is 6.20 Å². The Morgan fingerprint density at radius 3 is 2.83 bits per heavy atom. The average Bonchev–Trinajstić information content (AvgIpc) is 2.39. The van der Waals surface area contributed by atoms with E-state index in [4.69, 9.17) is 17.4 Å². The van der Waals surface area contributed by atoms with Crippen molar-refractivity contribution < 1.29 is 0 Å². The maximum atomic E-state index is 6.18. The predicted molar refractivity (Wildman–Crippen MR) is 74.7 cm³/mol. The van der Waals surface area contributed by atoms with Crippen LogP contribution in [0.2, 0.25) is 5.02 Å². The summed E-state index contributed by atoms with van der Waals surface area (Å²) in [6.07, 6.45) is 6.62. The zero-order valence-electron chi connectivity index (χ0n) is 10.9. The molecule has 2 unspecified atom stereocenters. The largest absolute Gasteiger partial charge is 0.355 e. The number of hydrazine groups is 1. The van der Waals surface area contributed by atoms with E-state index in [1.165, 1.54) is 25.7 Å². The van der Waals surface area contributed by atoms with E-state index >= 15 is 0 Å². The Morgan fingerprint density at radius 1 is 1.44 bits per heavy atom. The highest BCUT2D eigenvalue weighted by Gasteiger charge is 2.27. The number of nitrogen functional groups attached to an aromatic ring is 1. The fraction of sp³-hybridized carbons (Fsp3) is 0.667. The van der Waals surface area contributed by atoms with Crippen LogP contribution in [0.4, 0.5) is 11.8 Å². The Kier molecular flexibility index (Phi) is 4.24. The SMILES string of the molecule is CC1CCCCC1N(C)c1nc(NN)ncc1Cl. The number of nitrogens with zero attached hydrogens (tertiary/aromatic N) is 3.